The highest BCUT2D eigenvalue weighted by Gasteiger charge is 2.09. The minimum absolute atomic E-state index is 0.0513. The van der Waals surface area contributed by atoms with Crippen molar-refractivity contribution in [2.75, 3.05) is 19.4 Å². The summed E-state index contributed by atoms with van der Waals surface area (Å²) in [5.41, 5.74) is 1.31. The summed E-state index contributed by atoms with van der Waals surface area (Å²) in [4.78, 5) is 22.2. The van der Waals surface area contributed by atoms with Crippen LogP contribution in [0, 0.1) is 10.1 Å². The first-order valence-electron chi connectivity index (χ1n) is 7.68. The van der Waals surface area contributed by atoms with Gasteiger partial charge in [0.1, 0.15) is 5.75 Å². The zero-order chi connectivity index (χ0) is 19.2. The Morgan fingerprint density at radius 1 is 1.12 bits per heavy atom. The van der Waals surface area contributed by atoms with Gasteiger partial charge in [-0.15, -0.1) is 0 Å². The van der Waals surface area contributed by atoms with Crippen LogP contribution in [0.2, 0.25) is 0 Å². The van der Waals surface area contributed by atoms with Crippen molar-refractivity contribution in [3.63, 3.8) is 0 Å². The molecule has 0 fully saturated rings. The summed E-state index contributed by atoms with van der Waals surface area (Å²) in [5, 5.41) is 10.6. The van der Waals surface area contributed by atoms with E-state index in [0.29, 0.717) is 17.7 Å². The van der Waals surface area contributed by atoms with Crippen LogP contribution in [0.25, 0.3) is 0 Å². The number of nitro benzene ring substituents is 1. The number of nitro groups is 1. The second-order valence-electron chi connectivity index (χ2n) is 5.58. The molecule has 0 atom stereocenters. The Morgan fingerprint density at radius 2 is 1.73 bits per heavy atom. The highest BCUT2D eigenvalue weighted by molar-refractivity contribution is 7.88. The third kappa shape index (κ3) is 6.26. The van der Waals surface area contributed by atoms with Gasteiger partial charge in [-0.3, -0.25) is 14.9 Å². The molecule has 0 bridgehead atoms. The Balaban J connectivity index is 1.86. The first-order valence-corrected chi connectivity index (χ1v) is 9.58. The maximum atomic E-state index is 12.1. The summed E-state index contributed by atoms with van der Waals surface area (Å²) in [6.45, 7) is 0.0994. The summed E-state index contributed by atoms with van der Waals surface area (Å²) < 4.78 is 29.7. The van der Waals surface area contributed by atoms with Gasteiger partial charge in [0, 0.05) is 24.2 Å². The van der Waals surface area contributed by atoms with Crippen LogP contribution < -0.4 is 9.46 Å². The summed E-state index contributed by atoms with van der Waals surface area (Å²) in [7, 11) is -3.22. The molecule has 9 heteroatoms. The quantitative estimate of drug-likeness (QED) is 0.405. The second kappa shape index (κ2) is 8.54. The lowest BCUT2D eigenvalue weighted by Gasteiger charge is -2.07. The van der Waals surface area contributed by atoms with Crippen molar-refractivity contribution in [3.8, 4) is 5.75 Å². The number of nitrogens with zero attached hydrogens (tertiary/aromatic N) is 1. The van der Waals surface area contributed by atoms with Gasteiger partial charge < -0.3 is 4.74 Å². The molecule has 0 aliphatic rings. The molecule has 8 nitrogen and oxygen atoms in total. The number of ketones is 1. The van der Waals surface area contributed by atoms with Crippen LogP contribution in [-0.4, -0.2) is 38.5 Å². The van der Waals surface area contributed by atoms with E-state index in [1.165, 1.54) is 24.3 Å². The van der Waals surface area contributed by atoms with Gasteiger partial charge in [-0.25, -0.2) is 13.1 Å². The number of hydrogen-bond donors (Lipinski definition) is 1. The molecule has 0 spiro atoms. The predicted octanol–water partition coefficient (Wildman–Crippen LogP) is 1.95. The molecule has 0 radical (unpaired) electrons. The maximum absolute atomic E-state index is 12.1. The van der Waals surface area contributed by atoms with Crippen LogP contribution in [0.15, 0.2) is 48.5 Å². The smallest absolute Gasteiger partial charge is 0.269 e. The summed E-state index contributed by atoms with van der Waals surface area (Å²) in [6, 6.07) is 12.3. The van der Waals surface area contributed by atoms with Crippen molar-refractivity contribution in [1.82, 2.24) is 4.72 Å². The average molecular weight is 378 g/mol. The third-order valence-corrected chi connectivity index (χ3v) is 4.20. The molecular formula is C17H18N2O6S. The van der Waals surface area contributed by atoms with Gasteiger partial charge in [0.15, 0.2) is 12.4 Å². The van der Waals surface area contributed by atoms with E-state index in [4.69, 9.17) is 4.74 Å². The van der Waals surface area contributed by atoms with Crippen molar-refractivity contribution in [2.24, 2.45) is 0 Å². The lowest BCUT2D eigenvalue weighted by atomic mass is 10.1. The number of sulfonamides is 1. The molecule has 26 heavy (non-hydrogen) atoms. The summed E-state index contributed by atoms with van der Waals surface area (Å²) in [5.74, 6) is 0.136. The molecule has 1 N–H and O–H groups in total. The molecule has 0 saturated heterocycles. The lowest BCUT2D eigenvalue weighted by molar-refractivity contribution is -0.384. The van der Waals surface area contributed by atoms with Crippen molar-refractivity contribution in [2.45, 2.75) is 6.42 Å². The Hall–Kier alpha value is -2.78. The van der Waals surface area contributed by atoms with Crippen LogP contribution in [0.1, 0.15) is 15.9 Å². The van der Waals surface area contributed by atoms with E-state index in [2.05, 4.69) is 4.72 Å². The number of benzene rings is 2. The van der Waals surface area contributed by atoms with E-state index >= 15 is 0 Å². The van der Waals surface area contributed by atoms with Crippen LogP contribution in [-0.2, 0) is 16.4 Å². The SMILES string of the molecule is CS(=O)(=O)NCCc1ccc(C(=O)COc2ccc([N+](=O)[O-])cc2)cc1. The molecular weight excluding hydrogens is 360 g/mol. The normalized spacial score (nSPS) is 11.1. The van der Waals surface area contributed by atoms with Crippen LogP contribution in [0.3, 0.4) is 0 Å². The van der Waals surface area contributed by atoms with Gasteiger partial charge in [0.2, 0.25) is 10.0 Å². The van der Waals surface area contributed by atoms with Gasteiger partial charge in [-0.2, -0.15) is 0 Å². The van der Waals surface area contributed by atoms with Crippen LogP contribution >= 0.6 is 0 Å². The second-order valence-corrected chi connectivity index (χ2v) is 7.41. The maximum Gasteiger partial charge on any atom is 0.269 e. The number of Topliss-reactive ketones (excluding diaryl/α,β-unsaturated/α-hetero) is 1. The molecule has 2 rings (SSSR count). The van der Waals surface area contributed by atoms with E-state index in [0.717, 1.165) is 11.8 Å². The number of carbonyl (C=O) groups excluding carboxylic acids is 1. The standard InChI is InChI=1S/C17H18N2O6S/c1-26(23,24)18-11-10-13-2-4-14(5-3-13)17(20)12-25-16-8-6-15(7-9-16)19(21)22/h2-9,18H,10-12H2,1H3. The van der Waals surface area contributed by atoms with Crippen LogP contribution in [0.5, 0.6) is 5.75 Å². The first-order chi connectivity index (χ1) is 12.2. The molecule has 0 unspecified atom stereocenters. The summed E-state index contributed by atoms with van der Waals surface area (Å²) >= 11 is 0. The zero-order valence-electron chi connectivity index (χ0n) is 14.0. The van der Waals surface area contributed by atoms with Crippen LogP contribution in [0.4, 0.5) is 5.69 Å². The highest BCUT2D eigenvalue weighted by atomic mass is 32.2. The number of hydrogen-bond acceptors (Lipinski definition) is 6. The Kier molecular flexibility index (Phi) is 6.42. The van der Waals surface area contributed by atoms with E-state index in [1.807, 2.05) is 0 Å². The number of rotatable bonds is 9. The predicted molar refractivity (Wildman–Crippen MR) is 95.9 cm³/mol. The molecule has 0 aromatic heterocycles. The van der Waals surface area contributed by atoms with E-state index < -0.39 is 14.9 Å². The van der Waals surface area contributed by atoms with Gasteiger partial charge >= 0.3 is 0 Å². The van der Waals surface area contributed by atoms with Crippen molar-refractivity contribution < 1.29 is 22.9 Å². The lowest BCUT2D eigenvalue weighted by Crippen LogP contribution is -2.24. The zero-order valence-corrected chi connectivity index (χ0v) is 14.9. The monoisotopic (exact) mass is 378 g/mol. The van der Waals surface area contributed by atoms with Crippen molar-refractivity contribution >= 4 is 21.5 Å². The van der Waals surface area contributed by atoms with E-state index in [1.54, 1.807) is 24.3 Å². The van der Waals surface area contributed by atoms with Gasteiger partial charge in [0.25, 0.3) is 5.69 Å². The number of carbonyl (C=O) groups is 1. The fourth-order valence-electron chi connectivity index (χ4n) is 2.13. The fraction of sp³-hybridized carbons (Fsp3) is 0.235. The largest absolute Gasteiger partial charge is 0.485 e. The fourth-order valence-corrected chi connectivity index (χ4v) is 2.61. The third-order valence-electron chi connectivity index (χ3n) is 3.47. The van der Waals surface area contributed by atoms with Gasteiger partial charge in [-0.05, 0) is 24.1 Å². The van der Waals surface area contributed by atoms with Gasteiger partial charge in [0.05, 0.1) is 11.2 Å². The molecule has 0 aliphatic heterocycles. The average Bonchev–Trinajstić information content (AvgIpc) is 2.59. The minimum Gasteiger partial charge on any atom is -0.485 e. The summed E-state index contributed by atoms with van der Waals surface area (Å²) in [6.07, 6.45) is 1.61. The topological polar surface area (TPSA) is 116 Å². The van der Waals surface area contributed by atoms with Crippen molar-refractivity contribution in [1.29, 1.82) is 0 Å². The molecule has 0 saturated carbocycles. The molecule has 138 valence electrons. The Morgan fingerprint density at radius 3 is 2.27 bits per heavy atom. The number of nitrogens with one attached hydrogen (secondary N) is 1. The number of ether oxygens (including phenoxy) is 1. The Labute approximate surface area is 151 Å². The minimum atomic E-state index is -3.22. The van der Waals surface area contributed by atoms with E-state index in [-0.39, 0.29) is 24.6 Å². The highest BCUT2D eigenvalue weighted by Crippen LogP contribution is 2.17. The van der Waals surface area contributed by atoms with Crippen molar-refractivity contribution in [3.05, 3.63) is 69.8 Å². The van der Waals surface area contributed by atoms with E-state index in [9.17, 15) is 23.3 Å². The molecule has 0 amide bonds. The molecule has 0 aliphatic carbocycles. The molecule has 0 heterocycles. The first kappa shape index (κ1) is 19.5. The van der Waals surface area contributed by atoms with Gasteiger partial charge in [-0.1, -0.05) is 24.3 Å². The molecule has 2 aromatic rings. The molecule has 2 aromatic carbocycles. The Bertz CT molecular complexity index is 876. The number of non-ortho nitro benzene ring substituents is 1.